The van der Waals surface area contributed by atoms with E-state index in [1.165, 1.54) is 6.07 Å². The molecule has 25 heavy (non-hydrogen) atoms. The molecule has 1 aromatic carbocycles. The third-order valence-electron chi connectivity index (χ3n) is 2.80. The maximum atomic E-state index is 13.4. The van der Waals surface area contributed by atoms with E-state index < -0.39 is 23.6 Å². The van der Waals surface area contributed by atoms with Gasteiger partial charge in [-0.1, -0.05) is 18.5 Å². The molecule has 0 bridgehead atoms. The molecule has 0 unspecified atom stereocenters. The summed E-state index contributed by atoms with van der Waals surface area (Å²) in [6.45, 7) is 1.57. The third kappa shape index (κ3) is 5.45. The van der Waals surface area contributed by atoms with Gasteiger partial charge in [0.2, 0.25) is 11.9 Å². The molecule has 0 saturated carbocycles. The van der Waals surface area contributed by atoms with Gasteiger partial charge < -0.3 is 5.32 Å². The van der Waals surface area contributed by atoms with Crippen LogP contribution in [0.25, 0.3) is 0 Å². The Kier molecular flexibility index (Phi) is 5.62. The molecule has 1 heterocycles. The Morgan fingerprint density at radius 2 is 2.04 bits per heavy atom. The van der Waals surface area contributed by atoms with Gasteiger partial charge in [0.1, 0.15) is 11.5 Å². The van der Waals surface area contributed by atoms with Gasteiger partial charge in [0.05, 0.1) is 0 Å². The predicted octanol–water partition coefficient (Wildman–Crippen LogP) is 3.85. The first-order chi connectivity index (χ1) is 11.7. The monoisotopic (exact) mass is 377 g/mol. The molecule has 0 fully saturated rings. The van der Waals surface area contributed by atoms with Crippen LogP contribution in [0.1, 0.15) is 19.0 Å². The second-order valence-electron chi connectivity index (χ2n) is 4.78. The average molecular weight is 378 g/mol. The van der Waals surface area contributed by atoms with Crippen molar-refractivity contribution < 1.29 is 22.4 Å². The van der Waals surface area contributed by atoms with Crippen molar-refractivity contribution in [3.05, 3.63) is 40.8 Å². The van der Waals surface area contributed by atoms with E-state index in [2.05, 4.69) is 20.7 Å². The SMILES string of the molecule is CCC(=O)NC(=Nc1cc(C(F)(F)F)[nH]n1)Nc1cc(F)cc(Cl)c1. The van der Waals surface area contributed by atoms with Gasteiger partial charge in [-0.05, 0) is 18.2 Å². The molecular formula is C14H12ClF4N5O. The van der Waals surface area contributed by atoms with Crippen molar-refractivity contribution in [3.63, 3.8) is 0 Å². The van der Waals surface area contributed by atoms with Gasteiger partial charge in [0, 0.05) is 23.2 Å². The Morgan fingerprint density at radius 1 is 1.32 bits per heavy atom. The first kappa shape index (κ1) is 18.7. The lowest BCUT2D eigenvalue weighted by Gasteiger charge is -2.11. The number of benzene rings is 1. The molecule has 0 aliphatic heterocycles. The number of halogens is 5. The Labute approximate surface area is 144 Å². The van der Waals surface area contributed by atoms with Gasteiger partial charge >= 0.3 is 6.18 Å². The fourth-order valence-electron chi connectivity index (χ4n) is 1.70. The summed E-state index contributed by atoms with van der Waals surface area (Å²) in [5, 5.41) is 10.2. The van der Waals surface area contributed by atoms with E-state index in [0.717, 1.165) is 12.1 Å². The summed E-state index contributed by atoms with van der Waals surface area (Å²) in [4.78, 5) is 15.4. The van der Waals surface area contributed by atoms with Crippen LogP contribution >= 0.6 is 11.6 Å². The molecule has 0 atom stereocenters. The van der Waals surface area contributed by atoms with E-state index in [-0.39, 0.29) is 28.9 Å². The number of aromatic amines is 1. The number of nitrogens with one attached hydrogen (secondary N) is 3. The maximum Gasteiger partial charge on any atom is 0.432 e. The highest BCUT2D eigenvalue weighted by molar-refractivity contribution is 6.31. The molecule has 11 heteroatoms. The van der Waals surface area contributed by atoms with Gasteiger partial charge in [-0.25, -0.2) is 4.39 Å². The van der Waals surface area contributed by atoms with Crippen LogP contribution in [-0.4, -0.2) is 22.1 Å². The van der Waals surface area contributed by atoms with Crippen LogP contribution in [0.5, 0.6) is 0 Å². The minimum atomic E-state index is -4.61. The van der Waals surface area contributed by atoms with Crippen LogP contribution in [0.2, 0.25) is 5.02 Å². The lowest BCUT2D eigenvalue weighted by molar-refractivity contribution is -0.141. The van der Waals surface area contributed by atoms with Crippen LogP contribution in [0.4, 0.5) is 29.1 Å². The maximum absolute atomic E-state index is 13.4. The quantitative estimate of drug-likeness (QED) is 0.431. The average Bonchev–Trinajstić information content (AvgIpc) is 2.94. The predicted molar refractivity (Wildman–Crippen MR) is 84.2 cm³/mol. The lowest BCUT2D eigenvalue weighted by Crippen LogP contribution is -2.35. The Morgan fingerprint density at radius 3 is 2.60 bits per heavy atom. The van der Waals surface area contributed by atoms with Crippen molar-refractivity contribution in [2.24, 2.45) is 4.99 Å². The topological polar surface area (TPSA) is 82.2 Å². The first-order valence-corrected chi connectivity index (χ1v) is 7.29. The summed E-state index contributed by atoms with van der Waals surface area (Å²) in [6, 6.07) is 4.16. The highest BCUT2D eigenvalue weighted by atomic mass is 35.5. The number of aromatic nitrogens is 2. The van der Waals surface area contributed by atoms with Gasteiger partial charge in [-0.15, -0.1) is 0 Å². The molecule has 0 aliphatic rings. The van der Waals surface area contributed by atoms with E-state index in [9.17, 15) is 22.4 Å². The van der Waals surface area contributed by atoms with Crippen LogP contribution in [0.15, 0.2) is 29.3 Å². The van der Waals surface area contributed by atoms with Crippen LogP contribution in [0, 0.1) is 5.82 Å². The van der Waals surface area contributed by atoms with Crippen molar-refractivity contribution in [2.75, 3.05) is 5.32 Å². The number of alkyl halides is 3. The normalized spacial score (nSPS) is 12.2. The van der Waals surface area contributed by atoms with Crippen molar-refractivity contribution in [3.8, 4) is 0 Å². The molecule has 1 aromatic heterocycles. The molecule has 0 radical (unpaired) electrons. The second kappa shape index (κ2) is 7.51. The standard InChI is InChI=1S/C14H12ClF4N5O/c1-2-12(25)22-13(20-9-4-7(15)3-8(16)5-9)21-11-6-10(23-24-11)14(17,18)19/h3-6H,2H2,1H3,(H3,20,21,22,23,24,25). The molecule has 0 aliphatic carbocycles. The number of anilines is 1. The number of aliphatic imine (C=N–C) groups is 1. The minimum absolute atomic E-state index is 0.0859. The number of amides is 1. The van der Waals surface area contributed by atoms with Crippen molar-refractivity contribution >= 4 is 35.0 Å². The van der Waals surface area contributed by atoms with Crippen molar-refractivity contribution in [1.29, 1.82) is 0 Å². The third-order valence-corrected chi connectivity index (χ3v) is 3.02. The number of nitrogens with zero attached hydrogens (tertiary/aromatic N) is 2. The van der Waals surface area contributed by atoms with Crippen LogP contribution in [-0.2, 0) is 11.0 Å². The van der Waals surface area contributed by atoms with E-state index in [0.29, 0.717) is 6.07 Å². The minimum Gasteiger partial charge on any atom is -0.325 e. The number of hydrogen-bond acceptors (Lipinski definition) is 3. The molecular weight excluding hydrogens is 366 g/mol. The molecule has 2 aromatic rings. The number of carbonyl (C=O) groups excluding carboxylic acids is 1. The molecule has 3 N–H and O–H groups in total. The summed E-state index contributed by atoms with van der Waals surface area (Å²) >= 11 is 5.73. The smallest absolute Gasteiger partial charge is 0.325 e. The molecule has 2 rings (SSSR count). The summed E-state index contributed by atoms with van der Waals surface area (Å²) in [6.07, 6.45) is -4.52. The number of H-pyrrole nitrogens is 1. The zero-order valence-electron chi connectivity index (χ0n) is 12.7. The highest BCUT2D eigenvalue weighted by Gasteiger charge is 2.33. The van der Waals surface area contributed by atoms with E-state index in [1.807, 2.05) is 0 Å². The largest absolute Gasteiger partial charge is 0.432 e. The fraction of sp³-hybridized carbons (Fsp3) is 0.214. The van der Waals surface area contributed by atoms with Gasteiger partial charge in [-0.2, -0.15) is 23.3 Å². The summed E-state index contributed by atoms with van der Waals surface area (Å²) in [5.74, 6) is -1.65. The molecule has 0 spiro atoms. The van der Waals surface area contributed by atoms with Gasteiger partial charge in [-0.3, -0.25) is 15.2 Å². The number of carbonyl (C=O) groups is 1. The van der Waals surface area contributed by atoms with E-state index in [4.69, 9.17) is 11.6 Å². The highest BCUT2D eigenvalue weighted by Crippen LogP contribution is 2.29. The van der Waals surface area contributed by atoms with Gasteiger partial charge in [0.15, 0.2) is 5.82 Å². The van der Waals surface area contributed by atoms with E-state index >= 15 is 0 Å². The summed E-state index contributed by atoms with van der Waals surface area (Å²) < 4.78 is 51.1. The number of rotatable bonds is 3. The second-order valence-corrected chi connectivity index (χ2v) is 5.22. The zero-order valence-corrected chi connectivity index (χ0v) is 13.5. The molecule has 0 saturated heterocycles. The zero-order chi connectivity index (χ0) is 18.6. The Bertz CT molecular complexity index is 783. The Balaban J connectivity index is 2.31. The molecule has 6 nitrogen and oxygen atoms in total. The van der Waals surface area contributed by atoms with Crippen molar-refractivity contribution in [2.45, 2.75) is 19.5 Å². The van der Waals surface area contributed by atoms with Crippen LogP contribution in [0.3, 0.4) is 0 Å². The van der Waals surface area contributed by atoms with Crippen LogP contribution < -0.4 is 10.6 Å². The number of hydrogen-bond donors (Lipinski definition) is 3. The lowest BCUT2D eigenvalue weighted by atomic mass is 10.3. The first-order valence-electron chi connectivity index (χ1n) is 6.91. The van der Waals surface area contributed by atoms with E-state index in [1.54, 1.807) is 12.0 Å². The van der Waals surface area contributed by atoms with Gasteiger partial charge in [0.25, 0.3) is 0 Å². The molecule has 1 amide bonds. The summed E-state index contributed by atoms with van der Waals surface area (Å²) in [5.41, 5.74) is -0.951. The summed E-state index contributed by atoms with van der Waals surface area (Å²) in [7, 11) is 0. The number of guanidine groups is 1. The fourth-order valence-corrected chi connectivity index (χ4v) is 1.92. The van der Waals surface area contributed by atoms with Crippen molar-refractivity contribution in [1.82, 2.24) is 15.5 Å². The molecule has 134 valence electrons. The Hall–Kier alpha value is -2.62.